The van der Waals surface area contributed by atoms with Crippen molar-refractivity contribution in [2.75, 3.05) is 0 Å². The fourth-order valence-corrected chi connectivity index (χ4v) is 5.75. The molecule has 32 heavy (non-hydrogen) atoms. The monoisotopic (exact) mass is 437 g/mol. The first-order valence-corrected chi connectivity index (χ1v) is 12.4. The van der Waals surface area contributed by atoms with Crippen molar-refractivity contribution in [3.05, 3.63) is 114 Å². The van der Waals surface area contributed by atoms with Crippen molar-refractivity contribution in [1.82, 2.24) is 0 Å². The van der Waals surface area contributed by atoms with Crippen LogP contribution >= 0.6 is 0 Å². The van der Waals surface area contributed by atoms with Gasteiger partial charge in [-0.2, -0.15) is 0 Å². The molecule has 0 fully saturated rings. The molecular formula is C29H29O2Si. The second-order valence-corrected chi connectivity index (χ2v) is 11.1. The van der Waals surface area contributed by atoms with Crippen LogP contribution in [-0.4, -0.2) is 14.1 Å². The maximum Gasteiger partial charge on any atom is 0.283 e. The second-order valence-electron chi connectivity index (χ2n) is 9.02. The number of phenols is 1. The lowest BCUT2D eigenvalue weighted by Crippen LogP contribution is -2.44. The molecule has 2 nitrogen and oxygen atoms in total. The van der Waals surface area contributed by atoms with Gasteiger partial charge in [0.05, 0.1) is 6.61 Å². The van der Waals surface area contributed by atoms with E-state index < -0.39 is 9.04 Å². The minimum atomic E-state index is -1.40. The summed E-state index contributed by atoms with van der Waals surface area (Å²) < 4.78 is 6.70. The lowest BCUT2D eigenvalue weighted by atomic mass is 9.84. The van der Waals surface area contributed by atoms with Crippen LogP contribution in [0.25, 0.3) is 11.1 Å². The van der Waals surface area contributed by atoms with E-state index >= 15 is 0 Å². The topological polar surface area (TPSA) is 29.5 Å². The van der Waals surface area contributed by atoms with Crippen LogP contribution in [0.4, 0.5) is 0 Å². The predicted octanol–water partition coefficient (Wildman–Crippen LogP) is 5.68. The standard InChI is InChI=1S/C29H29O2Si/c1-29(2,3)24-17-18-28(22-11-10-12-25(30)20-22)23(19-24)21-31-32(26-13-6-4-7-14-26)27-15-8-5-9-16-27/h4-20,30H,21H2,1-3H3. The predicted molar refractivity (Wildman–Crippen MR) is 135 cm³/mol. The van der Waals surface area contributed by atoms with E-state index in [-0.39, 0.29) is 11.2 Å². The average molecular weight is 438 g/mol. The van der Waals surface area contributed by atoms with Crippen molar-refractivity contribution in [2.24, 2.45) is 0 Å². The molecule has 0 amide bonds. The van der Waals surface area contributed by atoms with Crippen molar-refractivity contribution >= 4 is 19.4 Å². The third-order valence-electron chi connectivity index (χ3n) is 5.57. The molecule has 0 saturated heterocycles. The Kier molecular flexibility index (Phi) is 6.59. The molecule has 0 aromatic heterocycles. The van der Waals surface area contributed by atoms with Crippen LogP contribution in [0.5, 0.6) is 5.75 Å². The van der Waals surface area contributed by atoms with Gasteiger partial charge in [-0.1, -0.05) is 112 Å². The van der Waals surface area contributed by atoms with Crippen LogP contribution in [-0.2, 0) is 16.4 Å². The lowest BCUT2D eigenvalue weighted by molar-refractivity contribution is 0.322. The third kappa shape index (κ3) is 5.18. The van der Waals surface area contributed by atoms with Crippen LogP contribution < -0.4 is 10.4 Å². The summed E-state index contributed by atoms with van der Waals surface area (Å²) in [5, 5.41) is 12.5. The molecule has 0 atom stereocenters. The van der Waals surface area contributed by atoms with E-state index in [2.05, 4.69) is 87.5 Å². The first kappa shape index (κ1) is 22.1. The van der Waals surface area contributed by atoms with Crippen LogP contribution in [0.3, 0.4) is 0 Å². The number of hydrogen-bond acceptors (Lipinski definition) is 2. The molecule has 0 aliphatic heterocycles. The Morgan fingerprint density at radius 3 is 1.91 bits per heavy atom. The van der Waals surface area contributed by atoms with E-state index in [9.17, 15) is 5.11 Å². The molecule has 0 heterocycles. The van der Waals surface area contributed by atoms with E-state index in [1.807, 2.05) is 30.3 Å². The Labute approximate surface area is 192 Å². The van der Waals surface area contributed by atoms with Crippen LogP contribution in [0, 0.1) is 0 Å². The third-order valence-corrected chi connectivity index (χ3v) is 7.72. The average Bonchev–Trinajstić information content (AvgIpc) is 2.80. The minimum Gasteiger partial charge on any atom is -0.508 e. The van der Waals surface area contributed by atoms with Gasteiger partial charge in [-0.25, -0.2) is 0 Å². The van der Waals surface area contributed by atoms with E-state index in [0.717, 1.165) is 16.7 Å². The normalized spacial score (nSPS) is 11.6. The van der Waals surface area contributed by atoms with Crippen molar-refractivity contribution < 1.29 is 9.53 Å². The summed E-state index contributed by atoms with van der Waals surface area (Å²) in [6.45, 7) is 7.19. The number of benzene rings is 4. The summed E-state index contributed by atoms with van der Waals surface area (Å²) in [5.74, 6) is 0.271. The summed E-state index contributed by atoms with van der Waals surface area (Å²) >= 11 is 0. The van der Waals surface area contributed by atoms with Gasteiger partial charge < -0.3 is 9.53 Å². The minimum absolute atomic E-state index is 0.0404. The van der Waals surface area contributed by atoms with E-state index in [0.29, 0.717) is 6.61 Å². The first-order chi connectivity index (χ1) is 15.4. The number of rotatable bonds is 6. The molecule has 0 aliphatic carbocycles. The van der Waals surface area contributed by atoms with Gasteiger partial charge in [0.2, 0.25) is 0 Å². The quantitative estimate of drug-likeness (QED) is 0.393. The number of phenolic OH excluding ortho intramolecular Hbond substituents is 1. The highest BCUT2D eigenvalue weighted by molar-refractivity contribution is 6.80. The van der Waals surface area contributed by atoms with Gasteiger partial charge in [0.25, 0.3) is 9.04 Å². The Bertz CT molecular complexity index is 1130. The molecule has 0 bridgehead atoms. The van der Waals surface area contributed by atoms with Crippen LogP contribution in [0.15, 0.2) is 103 Å². The molecule has 0 saturated carbocycles. The van der Waals surface area contributed by atoms with E-state index in [4.69, 9.17) is 4.43 Å². The van der Waals surface area contributed by atoms with Crippen molar-refractivity contribution in [3.8, 4) is 16.9 Å². The van der Waals surface area contributed by atoms with Gasteiger partial charge in [-0.05, 0) is 50.2 Å². The summed E-state index contributed by atoms with van der Waals surface area (Å²) in [7, 11) is -1.40. The van der Waals surface area contributed by atoms with Gasteiger partial charge in [-0.15, -0.1) is 0 Å². The fraction of sp³-hybridized carbons (Fsp3) is 0.172. The highest BCUT2D eigenvalue weighted by atomic mass is 28.3. The SMILES string of the molecule is CC(C)(C)c1ccc(-c2cccc(O)c2)c(CO[Si](c2ccccc2)c2ccccc2)c1. The molecule has 4 aromatic carbocycles. The van der Waals surface area contributed by atoms with Gasteiger partial charge in [0.15, 0.2) is 0 Å². The van der Waals surface area contributed by atoms with Gasteiger partial charge >= 0.3 is 0 Å². The Morgan fingerprint density at radius 2 is 1.34 bits per heavy atom. The van der Waals surface area contributed by atoms with Crippen molar-refractivity contribution in [3.63, 3.8) is 0 Å². The first-order valence-electron chi connectivity index (χ1n) is 11.0. The molecule has 0 spiro atoms. The zero-order chi connectivity index (χ0) is 22.6. The largest absolute Gasteiger partial charge is 0.508 e. The number of hydrogen-bond donors (Lipinski definition) is 1. The summed E-state index contributed by atoms with van der Waals surface area (Å²) in [6, 6.07) is 35.0. The van der Waals surface area contributed by atoms with Gasteiger partial charge in [0.1, 0.15) is 5.75 Å². The number of aromatic hydroxyl groups is 1. The maximum absolute atomic E-state index is 10.0. The second kappa shape index (κ2) is 9.56. The van der Waals surface area contributed by atoms with E-state index in [1.165, 1.54) is 15.9 Å². The van der Waals surface area contributed by atoms with Crippen LogP contribution in [0.2, 0.25) is 0 Å². The van der Waals surface area contributed by atoms with E-state index in [1.54, 1.807) is 6.07 Å². The summed E-state index contributed by atoms with van der Waals surface area (Å²) in [5.41, 5.74) is 4.54. The zero-order valence-electron chi connectivity index (χ0n) is 18.9. The molecule has 1 radical (unpaired) electrons. The molecule has 161 valence electrons. The maximum atomic E-state index is 10.0. The van der Waals surface area contributed by atoms with Crippen LogP contribution in [0.1, 0.15) is 31.9 Å². The highest BCUT2D eigenvalue weighted by Crippen LogP contribution is 2.31. The lowest BCUT2D eigenvalue weighted by Gasteiger charge is -2.23. The fourth-order valence-electron chi connectivity index (χ4n) is 3.80. The smallest absolute Gasteiger partial charge is 0.283 e. The molecule has 4 aromatic rings. The highest BCUT2D eigenvalue weighted by Gasteiger charge is 2.21. The summed E-state index contributed by atoms with van der Waals surface area (Å²) in [6.07, 6.45) is 0. The van der Waals surface area contributed by atoms with Gasteiger partial charge in [-0.3, -0.25) is 0 Å². The van der Waals surface area contributed by atoms with Crippen molar-refractivity contribution in [1.29, 1.82) is 0 Å². The zero-order valence-corrected chi connectivity index (χ0v) is 19.9. The Morgan fingerprint density at radius 1 is 0.719 bits per heavy atom. The molecule has 4 rings (SSSR count). The molecule has 1 N–H and O–H groups in total. The Balaban J connectivity index is 1.72. The summed E-state index contributed by atoms with van der Waals surface area (Å²) in [4.78, 5) is 0. The molecule has 0 unspecified atom stereocenters. The van der Waals surface area contributed by atoms with Crippen molar-refractivity contribution in [2.45, 2.75) is 32.8 Å². The molecular weight excluding hydrogens is 408 g/mol. The molecule has 3 heteroatoms. The Hall–Kier alpha value is -3.14. The van der Waals surface area contributed by atoms with Gasteiger partial charge in [0, 0.05) is 0 Å². The molecule has 0 aliphatic rings.